The summed E-state index contributed by atoms with van der Waals surface area (Å²) < 4.78 is 0. The number of hydrogen-bond acceptors (Lipinski definition) is 2. The minimum Gasteiger partial charge on any atom is -0.326 e. The molecule has 102 valence electrons. The Morgan fingerprint density at radius 1 is 1.28 bits per heavy atom. The zero-order chi connectivity index (χ0) is 12.7. The average molecular weight is 271 g/mol. The van der Waals surface area contributed by atoms with Crippen LogP contribution in [0.5, 0.6) is 0 Å². The molecule has 0 bridgehead atoms. The molecular weight excluding hydrogens is 248 g/mol. The number of rotatable bonds is 6. The van der Waals surface area contributed by atoms with E-state index in [-0.39, 0.29) is 18.3 Å². The van der Waals surface area contributed by atoms with Crippen molar-refractivity contribution in [3.63, 3.8) is 0 Å². The first-order chi connectivity index (χ1) is 8.13. The van der Waals surface area contributed by atoms with E-state index < -0.39 is 0 Å². The molecule has 0 spiro atoms. The number of amides is 1. The lowest BCUT2D eigenvalue weighted by atomic mass is 10.1. The molecule has 0 aliphatic rings. The van der Waals surface area contributed by atoms with E-state index in [1.54, 1.807) is 0 Å². The molecule has 0 unspecified atom stereocenters. The summed E-state index contributed by atoms with van der Waals surface area (Å²) in [5.74, 6) is 0.472. The van der Waals surface area contributed by atoms with E-state index in [1.807, 2.05) is 38.1 Å². The first kappa shape index (κ1) is 16.9. The van der Waals surface area contributed by atoms with E-state index in [2.05, 4.69) is 17.6 Å². The van der Waals surface area contributed by atoms with Gasteiger partial charge in [0.15, 0.2) is 0 Å². The largest absolute Gasteiger partial charge is 0.326 e. The van der Waals surface area contributed by atoms with Crippen LogP contribution in [0.1, 0.15) is 32.8 Å². The van der Waals surface area contributed by atoms with Gasteiger partial charge in [-0.15, -0.1) is 12.4 Å². The van der Waals surface area contributed by atoms with Crippen molar-refractivity contribution in [1.82, 2.24) is 5.32 Å². The molecule has 1 amide bonds. The van der Waals surface area contributed by atoms with Crippen molar-refractivity contribution < 1.29 is 4.79 Å². The number of hydrogen-bond donors (Lipinski definition) is 2. The third-order valence-corrected chi connectivity index (χ3v) is 2.45. The van der Waals surface area contributed by atoms with E-state index >= 15 is 0 Å². The number of benzene rings is 1. The fraction of sp³-hybridized carbons (Fsp3) is 0.500. The maximum Gasteiger partial charge on any atom is 0.224 e. The molecule has 0 atom stereocenters. The zero-order valence-electron chi connectivity index (χ0n) is 11.3. The summed E-state index contributed by atoms with van der Waals surface area (Å²) in [5.41, 5.74) is 2.05. The Morgan fingerprint density at radius 3 is 2.56 bits per heavy atom. The van der Waals surface area contributed by atoms with Crippen molar-refractivity contribution in [3.8, 4) is 0 Å². The highest BCUT2D eigenvalue weighted by Gasteiger charge is 2.07. The van der Waals surface area contributed by atoms with Gasteiger partial charge < -0.3 is 10.6 Å². The first-order valence-corrected chi connectivity index (χ1v) is 6.22. The molecule has 0 heterocycles. The molecule has 1 aromatic rings. The van der Waals surface area contributed by atoms with E-state index in [0.29, 0.717) is 12.3 Å². The average Bonchev–Trinajstić information content (AvgIpc) is 2.26. The number of nitrogens with one attached hydrogen (secondary N) is 2. The third kappa shape index (κ3) is 6.03. The van der Waals surface area contributed by atoms with Crippen molar-refractivity contribution >= 4 is 24.0 Å². The van der Waals surface area contributed by atoms with Crippen LogP contribution in [-0.4, -0.2) is 12.5 Å². The summed E-state index contributed by atoms with van der Waals surface area (Å²) in [6.07, 6.45) is 0.565. The van der Waals surface area contributed by atoms with Crippen LogP contribution in [0.25, 0.3) is 0 Å². The smallest absolute Gasteiger partial charge is 0.224 e. The highest BCUT2D eigenvalue weighted by Crippen LogP contribution is 2.15. The molecule has 1 aromatic carbocycles. The van der Waals surface area contributed by atoms with Crippen LogP contribution in [0.2, 0.25) is 0 Å². The molecule has 4 heteroatoms. The maximum absolute atomic E-state index is 11.7. The summed E-state index contributed by atoms with van der Waals surface area (Å²) in [5, 5.41) is 6.24. The summed E-state index contributed by atoms with van der Waals surface area (Å²) in [6.45, 7) is 7.87. The lowest BCUT2D eigenvalue weighted by Crippen LogP contribution is -2.17. The van der Waals surface area contributed by atoms with Gasteiger partial charge in [-0.3, -0.25) is 4.79 Å². The number of carbonyl (C=O) groups excluding carboxylic acids is 1. The highest BCUT2D eigenvalue weighted by atomic mass is 35.5. The summed E-state index contributed by atoms with van der Waals surface area (Å²) in [7, 11) is 0. The van der Waals surface area contributed by atoms with E-state index in [4.69, 9.17) is 0 Å². The van der Waals surface area contributed by atoms with Gasteiger partial charge in [-0.1, -0.05) is 39.0 Å². The van der Waals surface area contributed by atoms with Gasteiger partial charge >= 0.3 is 0 Å². The lowest BCUT2D eigenvalue weighted by Gasteiger charge is -2.12. The molecule has 0 fully saturated rings. The highest BCUT2D eigenvalue weighted by molar-refractivity contribution is 5.91. The van der Waals surface area contributed by atoms with Crippen LogP contribution in [0, 0.1) is 5.92 Å². The molecule has 2 N–H and O–H groups in total. The number of para-hydroxylation sites is 1. The van der Waals surface area contributed by atoms with Gasteiger partial charge in [0.2, 0.25) is 5.91 Å². The van der Waals surface area contributed by atoms with Gasteiger partial charge in [0.05, 0.1) is 0 Å². The normalized spacial score (nSPS) is 10.0. The quantitative estimate of drug-likeness (QED) is 0.833. The standard InChI is InChI=1S/C14H22N2O.ClH/c1-4-15-10-12-7-5-6-8-13(12)16-14(17)9-11(2)3;/h5-8,11,15H,4,9-10H2,1-3H3,(H,16,17);1H. The van der Waals surface area contributed by atoms with Crippen molar-refractivity contribution in [3.05, 3.63) is 29.8 Å². The van der Waals surface area contributed by atoms with Crippen molar-refractivity contribution in [2.45, 2.75) is 33.7 Å². The Bertz CT molecular complexity index is 367. The Balaban J connectivity index is 0.00000289. The van der Waals surface area contributed by atoms with Crippen molar-refractivity contribution in [2.24, 2.45) is 5.92 Å². The molecule has 0 saturated heterocycles. The number of carbonyl (C=O) groups is 1. The van der Waals surface area contributed by atoms with Crippen LogP contribution in [0.4, 0.5) is 5.69 Å². The monoisotopic (exact) mass is 270 g/mol. The molecule has 0 aliphatic carbocycles. The lowest BCUT2D eigenvalue weighted by molar-refractivity contribution is -0.116. The first-order valence-electron chi connectivity index (χ1n) is 6.22. The molecule has 0 aromatic heterocycles. The maximum atomic E-state index is 11.7. The predicted octanol–water partition coefficient (Wildman–Crippen LogP) is 3.20. The third-order valence-electron chi connectivity index (χ3n) is 2.45. The fourth-order valence-corrected chi connectivity index (χ4v) is 1.63. The van der Waals surface area contributed by atoms with E-state index in [0.717, 1.165) is 24.3 Å². The van der Waals surface area contributed by atoms with Gasteiger partial charge in [-0.05, 0) is 24.1 Å². The SMILES string of the molecule is CCNCc1ccccc1NC(=O)CC(C)C.Cl. The van der Waals surface area contributed by atoms with Crippen LogP contribution < -0.4 is 10.6 Å². The second-order valence-electron chi connectivity index (χ2n) is 4.58. The van der Waals surface area contributed by atoms with Crippen LogP contribution >= 0.6 is 12.4 Å². The number of halogens is 1. The molecule has 1 rings (SSSR count). The molecule has 0 aliphatic heterocycles. The minimum absolute atomic E-state index is 0. The van der Waals surface area contributed by atoms with E-state index in [9.17, 15) is 4.79 Å². The van der Waals surface area contributed by atoms with Crippen molar-refractivity contribution in [1.29, 1.82) is 0 Å². The van der Waals surface area contributed by atoms with Gasteiger partial charge in [-0.25, -0.2) is 0 Å². The topological polar surface area (TPSA) is 41.1 Å². The Morgan fingerprint density at radius 2 is 1.94 bits per heavy atom. The van der Waals surface area contributed by atoms with Crippen molar-refractivity contribution in [2.75, 3.05) is 11.9 Å². The second kappa shape index (κ2) is 8.95. The van der Waals surface area contributed by atoms with Gasteiger partial charge in [0, 0.05) is 18.7 Å². The molecule has 3 nitrogen and oxygen atoms in total. The Kier molecular flexibility index (Phi) is 8.42. The summed E-state index contributed by atoms with van der Waals surface area (Å²) in [4.78, 5) is 11.7. The van der Waals surface area contributed by atoms with Gasteiger partial charge in [0.1, 0.15) is 0 Å². The Labute approximate surface area is 116 Å². The van der Waals surface area contributed by atoms with Crippen LogP contribution in [-0.2, 0) is 11.3 Å². The molecular formula is C14H23ClN2O. The van der Waals surface area contributed by atoms with Gasteiger partial charge in [-0.2, -0.15) is 0 Å². The molecule has 0 saturated carbocycles. The summed E-state index contributed by atoms with van der Waals surface area (Å²) >= 11 is 0. The second-order valence-corrected chi connectivity index (χ2v) is 4.58. The number of anilines is 1. The summed E-state index contributed by atoms with van der Waals surface area (Å²) in [6, 6.07) is 7.92. The minimum atomic E-state index is 0. The predicted molar refractivity (Wildman–Crippen MR) is 79.2 cm³/mol. The van der Waals surface area contributed by atoms with Gasteiger partial charge in [0.25, 0.3) is 0 Å². The molecule has 0 radical (unpaired) electrons. The van der Waals surface area contributed by atoms with Crippen LogP contribution in [0.15, 0.2) is 24.3 Å². The Hall–Kier alpha value is -1.06. The van der Waals surface area contributed by atoms with Crippen LogP contribution in [0.3, 0.4) is 0 Å². The zero-order valence-corrected chi connectivity index (χ0v) is 12.1. The fourth-order valence-electron chi connectivity index (χ4n) is 1.63. The van der Waals surface area contributed by atoms with E-state index in [1.165, 1.54) is 0 Å². The molecule has 18 heavy (non-hydrogen) atoms.